The van der Waals surface area contributed by atoms with E-state index in [9.17, 15) is 5.11 Å². The van der Waals surface area contributed by atoms with Crippen molar-refractivity contribution in [3.8, 4) is 0 Å². The minimum Gasteiger partial charge on any atom is -0.394 e. The minimum atomic E-state index is -0.137. The number of rotatable bonds is 11. The first kappa shape index (κ1) is 18.1. The Bertz CT molecular complexity index is 372. The van der Waals surface area contributed by atoms with Crippen LogP contribution in [-0.2, 0) is 6.42 Å². The highest BCUT2D eigenvalue weighted by molar-refractivity contribution is 5.09. The van der Waals surface area contributed by atoms with Gasteiger partial charge in [-0.15, -0.1) is 0 Å². The first-order valence-electron chi connectivity index (χ1n) is 8.03. The zero-order valence-electron chi connectivity index (χ0n) is 13.8. The van der Waals surface area contributed by atoms with Crippen LogP contribution in [-0.4, -0.2) is 53.8 Å². The molecule has 0 aromatic carbocycles. The lowest BCUT2D eigenvalue weighted by Crippen LogP contribution is -2.46. The zero-order chi connectivity index (χ0) is 15.6. The van der Waals surface area contributed by atoms with Crippen LogP contribution in [0.3, 0.4) is 0 Å². The number of aromatic nitrogens is 1. The number of aliphatic hydroxyl groups is 1. The van der Waals surface area contributed by atoms with E-state index in [4.69, 9.17) is 0 Å². The first-order chi connectivity index (χ1) is 10.1. The number of nitrogens with one attached hydrogen (secondary N) is 1. The Morgan fingerprint density at radius 1 is 1.29 bits per heavy atom. The molecule has 4 heteroatoms. The van der Waals surface area contributed by atoms with Crippen LogP contribution < -0.4 is 5.32 Å². The molecule has 0 saturated heterocycles. The summed E-state index contributed by atoms with van der Waals surface area (Å²) in [5, 5.41) is 13.0. The standard InChI is InChI=1S/C17H31N3O/c1-4-10-19-17(2,15-21)9-5-13-20(3)14-8-16-6-11-18-12-7-16/h6-7,11-12,19,21H,4-5,8-10,13-15H2,1-3H3. The normalized spacial score (nSPS) is 14.3. The van der Waals surface area contributed by atoms with Crippen LogP contribution in [0.4, 0.5) is 0 Å². The molecule has 0 aliphatic rings. The largest absolute Gasteiger partial charge is 0.394 e. The van der Waals surface area contributed by atoms with E-state index in [0.29, 0.717) is 0 Å². The van der Waals surface area contributed by atoms with Crippen LogP contribution in [0.25, 0.3) is 0 Å². The predicted octanol–water partition coefficient (Wildman–Crippen LogP) is 2.09. The van der Waals surface area contributed by atoms with Crippen molar-refractivity contribution in [2.24, 2.45) is 0 Å². The highest BCUT2D eigenvalue weighted by Gasteiger charge is 2.21. The summed E-state index contributed by atoms with van der Waals surface area (Å²) in [5.74, 6) is 0. The van der Waals surface area contributed by atoms with E-state index in [0.717, 1.165) is 45.3 Å². The summed E-state index contributed by atoms with van der Waals surface area (Å²) < 4.78 is 0. The molecule has 1 aromatic rings. The Kier molecular flexibility index (Phi) is 8.50. The number of nitrogens with zero attached hydrogens (tertiary/aromatic N) is 2. The van der Waals surface area contributed by atoms with Crippen LogP contribution >= 0.6 is 0 Å². The number of hydrogen-bond donors (Lipinski definition) is 2. The van der Waals surface area contributed by atoms with Crippen LogP contribution in [0.5, 0.6) is 0 Å². The Labute approximate surface area is 129 Å². The zero-order valence-corrected chi connectivity index (χ0v) is 13.8. The highest BCUT2D eigenvalue weighted by Crippen LogP contribution is 2.12. The number of likely N-dealkylation sites (N-methyl/N-ethyl adjacent to an activating group) is 1. The molecule has 120 valence electrons. The average molecular weight is 293 g/mol. The molecular formula is C17H31N3O. The van der Waals surface area contributed by atoms with Crippen molar-refractivity contribution in [2.75, 3.05) is 33.3 Å². The van der Waals surface area contributed by atoms with Crippen molar-refractivity contribution >= 4 is 0 Å². The van der Waals surface area contributed by atoms with E-state index < -0.39 is 0 Å². The molecule has 2 N–H and O–H groups in total. The van der Waals surface area contributed by atoms with Crippen LogP contribution in [0.15, 0.2) is 24.5 Å². The average Bonchev–Trinajstić information content (AvgIpc) is 2.52. The van der Waals surface area contributed by atoms with Gasteiger partial charge < -0.3 is 15.3 Å². The van der Waals surface area contributed by atoms with E-state index in [1.54, 1.807) is 0 Å². The van der Waals surface area contributed by atoms with Crippen molar-refractivity contribution in [1.29, 1.82) is 0 Å². The molecular weight excluding hydrogens is 262 g/mol. The van der Waals surface area contributed by atoms with Crippen molar-refractivity contribution in [2.45, 2.75) is 45.1 Å². The molecule has 0 fully saturated rings. The second kappa shape index (κ2) is 9.87. The second-order valence-electron chi connectivity index (χ2n) is 6.16. The molecule has 0 spiro atoms. The van der Waals surface area contributed by atoms with E-state index in [1.807, 2.05) is 12.4 Å². The van der Waals surface area contributed by atoms with Gasteiger partial charge in [-0.1, -0.05) is 6.92 Å². The fourth-order valence-electron chi connectivity index (χ4n) is 2.37. The number of hydrogen-bond acceptors (Lipinski definition) is 4. The summed E-state index contributed by atoms with van der Waals surface area (Å²) in [5.41, 5.74) is 1.20. The summed E-state index contributed by atoms with van der Waals surface area (Å²) >= 11 is 0. The third-order valence-corrected chi connectivity index (χ3v) is 3.95. The lowest BCUT2D eigenvalue weighted by molar-refractivity contribution is 0.159. The monoisotopic (exact) mass is 293 g/mol. The molecule has 1 aromatic heterocycles. The molecule has 21 heavy (non-hydrogen) atoms. The molecule has 1 heterocycles. The molecule has 0 radical (unpaired) electrons. The molecule has 0 amide bonds. The Hall–Kier alpha value is -0.970. The second-order valence-corrected chi connectivity index (χ2v) is 6.16. The maximum absolute atomic E-state index is 9.55. The van der Waals surface area contributed by atoms with Gasteiger partial charge in [-0.05, 0) is 70.4 Å². The fourth-order valence-corrected chi connectivity index (χ4v) is 2.37. The lowest BCUT2D eigenvalue weighted by atomic mass is 9.96. The fraction of sp³-hybridized carbons (Fsp3) is 0.706. The third-order valence-electron chi connectivity index (χ3n) is 3.95. The van der Waals surface area contributed by atoms with E-state index in [-0.39, 0.29) is 12.1 Å². The molecule has 0 aliphatic carbocycles. The quantitative estimate of drug-likeness (QED) is 0.656. The van der Waals surface area contributed by atoms with E-state index in [2.05, 4.69) is 48.2 Å². The van der Waals surface area contributed by atoms with Gasteiger partial charge in [-0.25, -0.2) is 0 Å². The minimum absolute atomic E-state index is 0.137. The first-order valence-corrected chi connectivity index (χ1v) is 8.03. The molecule has 0 bridgehead atoms. The Morgan fingerprint density at radius 2 is 2.00 bits per heavy atom. The summed E-state index contributed by atoms with van der Waals surface area (Å²) in [7, 11) is 2.16. The van der Waals surface area contributed by atoms with Gasteiger partial charge in [0.25, 0.3) is 0 Å². The van der Waals surface area contributed by atoms with Crippen molar-refractivity contribution in [3.63, 3.8) is 0 Å². The van der Waals surface area contributed by atoms with Gasteiger partial charge in [-0.2, -0.15) is 0 Å². The predicted molar refractivity (Wildman–Crippen MR) is 88.5 cm³/mol. The number of pyridine rings is 1. The van der Waals surface area contributed by atoms with Crippen LogP contribution in [0.1, 0.15) is 38.7 Å². The Balaban J connectivity index is 2.21. The molecule has 1 unspecified atom stereocenters. The van der Waals surface area contributed by atoms with Gasteiger partial charge in [0.2, 0.25) is 0 Å². The third kappa shape index (κ3) is 7.55. The maximum atomic E-state index is 9.55. The van der Waals surface area contributed by atoms with Gasteiger partial charge in [-0.3, -0.25) is 4.98 Å². The van der Waals surface area contributed by atoms with Crippen molar-refractivity contribution < 1.29 is 5.11 Å². The maximum Gasteiger partial charge on any atom is 0.0610 e. The summed E-state index contributed by atoms with van der Waals surface area (Å²) in [6.07, 6.45) is 7.96. The topological polar surface area (TPSA) is 48.4 Å². The van der Waals surface area contributed by atoms with Gasteiger partial charge in [0.05, 0.1) is 6.61 Å². The van der Waals surface area contributed by atoms with Crippen LogP contribution in [0.2, 0.25) is 0 Å². The molecule has 4 nitrogen and oxygen atoms in total. The summed E-state index contributed by atoms with van der Waals surface area (Å²) in [6, 6.07) is 4.15. The molecule has 0 aliphatic heterocycles. The van der Waals surface area contributed by atoms with Gasteiger partial charge in [0, 0.05) is 24.5 Å². The van der Waals surface area contributed by atoms with Crippen LogP contribution in [0, 0.1) is 0 Å². The molecule has 1 rings (SSSR count). The van der Waals surface area contributed by atoms with E-state index in [1.165, 1.54) is 5.56 Å². The SMILES string of the molecule is CCCNC(C)(CO)CCCN(C)CCc1ccncc1. The number of aliphatic hydroxyl groups excluding tert-OH is 1. The molecule has 0 saturated carbocycles. The van der Waals surface area contributed by atoms with Gasteiger partial charge in [0.1, 0.15) is 0 Å². The molecule has 1 atom stereocenters. The van der Waals surface area contributed by atoms with Gasteiger partial charge >= 0.3 is 0 Å². The Morgan fingerprint density at radius 3 is 2.62 bits per heavy atom. The van der Waals surface area contributed by atoms with Gasteiger partial charge in [0.15, 0.2) is 0 Å². The van der Waals surface area contributed by atoms with Crippen molar-refractivity contribution in [3.05, 3.63) is 30.1 Å². The smallest absolute Gasteiger partial charge is 0.0610 e. The van der Waals surface area contributed by atoms with E-state index >= 15 is 0 Å². The van der Waals surface area contributed by atoms with Crippen molar-refractivity contribution in [1.82, 2.24) is 15.2 Å². The lowest BCUT2D eigenvalue weighted by Gasteiger charge is -2.29. The summed E-state index contributed by atoms with van der Waals surface area (Å²) in [4.78, 5) is 6.40. The highest BCUT2D eigenvalue weighted by atomic mass is 16.3. The summed E-state index contributed by atoms with van der Waals surface area (Å²) in [6.45, 7) is 7.55.